The van der Waals surface area contributed by atoms with Crippen LogP contribution in [0.3, 0.4) is 0 Å². The second-order valence-corrected chi connectivity index (χ2v) is 6.61. The van der Waals surface area contributed by atoms with Crippen molar-refractivity contribution >= 4 is 5.96 Å². The first-order chi connectivity index (χ1) is 12.6. The first-order valence-corrected chi connectivity index (χ1v) is 9.22. The van der Waals surface area contributed by atoms with E-state index in [1.54, 1.807) is 7.05 Å². The van der Waals surface area contributed by atoms with Gasteiger partial charge in [0.25, 0.3) is 0 Å². The number of para-hydroxylation sites is 1. The molecule has 0 fully saturated rings. The fraction of sp³-hybridized carbons (Fsp3) is 0.500. The number of nitrogens with zero attached hydrogens (tertiary/aromatic N) is 3. The molecule has 0 spiro atoms. The molecule has 1 heterocycles. The normalized spacial score (nSPS) is 12.7. The Bertz CT molecular complexity index is 681. The van der Waals surface area contributed by atoms with Gasteiger partial charge in [0.05, 0.1) is 12.3 Å². The zero-order valence-corrected chi connectivity index (χ0v) is 16.3. The van der Waals surface area contributed by atoms with E-state index in [1.807, 2.05) is 37.3 Å². The topological polar surface area (TPSA) is 63.5 Å². The van der Waals surface area contributed by atoms with Gasteiger partial charge in [0.2, 0.25) is 0 Å². The van der Waals surface area contributed by atoms with Crippen molar-refractivity contribution in [1.82, 2.24) is 20.4 Å². The summed E-state index contributed by atoms with van der Waals surface area (Å²) in [6.07, 6.45) is 0.914. The van der Waals surface area contributed by atoms with E-state index in [4.69, 9.17) is 4.74 Å². The molecular formula is C20H31N5O. The Balaban J connectivity index is 1.62. The van der Waals surface area contributed by atoms with E-state index in [0.717, 1.165) is 43.5 Å². The third-order valence-electron chi connectivity index (χ3n) is 4.06. The van der Waals surface area contributed by atoms with Crippen LogP contribution in [0.15, 0.2) is 41.4 Å². The van der Waals surface area contributed by atoms with Gasteiger partial charge in [-0.2, -0.15) is 5.10 Å². The Morgan fingerprint density at radius 2 is 2.00 bits per heavy atom. The number of aryl methyl sites for hydroxylation is 2. The maximum Gasteiger partial charge on any atom is 0.190 e. The number of ether oxygens (including phenoxy) is 1. The molecule has 1 aromatic heterocycles. The first kappa shape index (κ1) is 19.8. The van der Waals surface area contributed by atoms with E-state index < -0.39 is 0 Å². The summed E-state index contributed by atoms with van der Waals surface area (Å²) in [7, 11) is 1.79. The van der Waals surface area contributed by atoms with Crippen LogP contribution in [0.4, 0.5) is 0 Å². The lowest BCUT2D eigenvalue weighted by Crippen LogP contribution is -2.40. The number of aromatic nitrogens is 2. The second-order valence-electron chi connectivity index (χ2n) is 6.61. The van der Waals surface area contributed by atoms with Gasteiger partial charge in [-0.15, -0.1) is 0 Å². The smallest absolute Gasteiger partial charge is 0.190 e. The quantitative estimate of drug-likeness (QED) is 0.411. The Labute approximate surface area is 156 Å². The molecular weight excluding hydrogens is 326 g/mol. The third-order valence-corrected chi connectivity index (χ3v) is 4.06. The molecule has 1 unspecified atom stereocenters. The molecule has 0 radical (unpaired) electrons. The molecule has 1 aromatic carbocycles. The molecule has 0 saturated carbocycles. The van der Waals surface area contributed by atoms with E-state index in [9.17, 15) is 0 Å². The molecule has 0 amide bonds. The predicted molar refractivity (Wildman–Crippen MR) is 107 cm³/mol. The van der Waals surface area contributed by atoms with Crippen molar-refractivity contribution < 1.29 is 4.74 Å². The molecule has 142 valence electrons. The van der Waals surface area contributed by atoms with E-state index in [0.29, 0.717) is 12.5 Å². The number of benzene rings is 1. The van der Waals surface area contributed by atoms with Crippen LogP contribution in [0.2, 0.25) is 0 Å². The zero-order chi connectivity index (χ0) is 18.8. The molecule has 0 aliphatic carbocycles. The molecule has 6 heteroatoms. The minimum Gasteiger partial charge on any atom is -0.494 e. The summed E-state index contributed by atoms with van der Waals surface area (Å²) in [6, 6.07) is 12.0. The lowest BCUT2D eigenvalue weighted by molar-refractivity contribution is 0.311. The molecule has 1 atom stereocenters. The number of guanidine groups is 1. The van der Waals surface area contributed by atoms with Gasteiger partial charge in [-0.25, -0.2) is 0 Å². The highest BCUT2D eigenvalue weighted by Crippen LogP contribution is 2.08. The highest BCUT2D eigenvalue weighted by molar-refractivity contribution is 5.79. The van der Waals surface area contributed by atoms with Crippen LogP contribution >= 0.6 is 0 Å². The van der Waals surface area contributed by atoms with Gasteiger partial charge in [0.15, 0.2) is 5.96 Å². The minimum absolute atomic E-state index is 0.452. The molecule has 2 aromatic rings. The summed E-state index contributed by atoms with van der Waals surface area (Å²) in [6.45, 7) is 9.58. The zero-order valence-electron chi connectivity index (χ0n) is 16.3. The van der Waals surface area contributed by atoms with Gasteiger partial charge in [-0.1, -0.05) is 25.1 Å². The summed E-state index contributed by atoms with van der Waals surface area (Å²) in [5, 5.41) is 11.2. The van der Waals surface area contributed by atoms with Crippen molar-refractivity contribution in [2.45, 2.75) is 33.7 Å². The van der Waals surface area contributed by atoms with Crippen LogP contribution in [0.1, 0.15) is 24.7 Å². The standard InChI is InChI=1S/C20H31N5O/c1-16(15-25-18(3)13-17(2)24-25)14-23-20(21-4)22-11-8-12-26-19-9-6-5-7-10-19/h5-7,9-10,13,16H,8,11-12,14-15H2,1-4H3,(H2,21,22,23). The predicted octanol–water partition coefficient (Wildman–Crippen LogP) is 2.77. The van der Waals surface area contributed by atoms with E-state index >= 15 is 0 Å². The largest absolute Gasteiger partial charge is 0.494 e. The Kier molecular flexibility index (Phi) is 7.99. The van der Waals surface area contributed by atoms with Gasteiger partial charge in [-0.3, -0.25) is 9.67 Å². The maximum atomic E-state index is 5.69. The number of nitrogens with one attached hydrogen (secondary N) is 2. The summed E-state index contributed by atoms with van der Waals surface area (Å²) in [5.41, 5.74) is 2.27. The van der Waals surface area contributed by atoms with Crippen molar-refractivity contribution in [3.63, 3.8) is 0 Å². The van der Waals surface area contributed by atoms with Gasteiger partial charge < -0.3 is 15.4 Å². The summed E-state index contributed by atoms with van der Waals surface area (Å²) in [5.74, 6) is 2.19. The lowest BCUT2D eigenvalue weighted by atomic mass is 10.2. The van der Waals surface area contributed by atoms with Crippen molar-refractivity contribution in [2.75, 3.05) is 26.7 Å². The SMILES string of the molecule is CN=C(NCCCOc1ccccc1)NCC(C)Cn1nc(C)cc1C. The second kappa shape index (κ2) is 10.5. The van der Waals surface area contributed by atoms with Gasteiger partial charge >= 0.3 is 0 Å². The Hall–Kier alpha value is -2.50. The fourth-order valence-electron chi connectivity index (χ4n) is 2.70. The fourth-order valence-corrected chi connectivity index (χ4v) is 2.70. The number of hydrogen-bond donors (Lipinski definition) is 2. The lowest BCUT2D eigenvalue weighted by Gasteiger charge is -2.17. The van der Waals surface area contributed by atoms with Crippen LogP contribution in [-0.2, 0) is 6.54 Å². The van der Waals surface area contributed by atoms with Crippen molar-refractivity contribution in [3.8, 4) is 5.75 Å². The number of hydrogen-bond acceptors (Lipinski definition) is 3. The van der Waals surface area contributed by atoms with Crippen LogP contribution in [-0.4, -0.2) is 42.5 Å². The van der Waals surface area contributed by atoms with Crippen molar-refractivity contribution in [3.05, 3.63) is 47.8 Å². The summed E-state index contributed by atoms with van der Waals surface area (Å²) >= 11 is 0. The molecule has 0 bridgehead atoms. The molecule has 2 rings (SSSR count). The monoisotopic (exact) mass is 357 g/mol. The number of rotatable bonds is 9. The molecule has 26 heavy (non-hydrogen) atoms. The van der Waals surface area contributed by atoms with Crippen LogP contribution < -0.4 is 15.4 Å². The first-order valence-electron chi connectivity index (χ1n) is 9.22. The highest BCUT2D eigenvalue weighted by Gasteiger charge is 2.08. The van der Waals surface area contributed by atoms with Gasteiger partial charge in [0.1, 0.15) is 5.75 Å². The molecule has 2 N–H and O–H groups in total. The Morgan fingerprint density at radius 3 is 2.65 bits per heavy atom. The van der Waals surface area contributed by atoms with Crippen molar-refractivity contribution in [1.29, 1.82) is 0 Å². The van der Waals surface area contributed by atoms with Crippen molar-refractivity contribution in [2.24, 2.45) is 10.9 Å². The van der Waals surface area contributed by atoms with Crippen LogP contribution in [0.5, 0.6) is 5.75 Å². The van der Waals surface area contributed by atoms with Crippen LogP contribution in [0.25, 0.3) is 0 Å². The molecule has 0 saturated heterocycles. The van der Waals surface area contributed by atoms with Gasteiger partial charge in [0, 0.05) is 32.4 Å². The van der Waals surface area contributed by atoms with E-state index in [-0.39, 0.29) is 0 Å². The minimum atomic E-state index is 0.452. The Morgan fingerprint density at radius 1 is 1.23 bits per heavy atom. The summed E-state index contributed by atoms with van der Waals surface area (Å²) < 4.78 is 7.76. The third kappa shape index (κ3) is 6.78. The van der Waals surface area contributed by atoms with Gasteiger partial charge in [-0.05, 0) is 44.4 Å². The van der Waals surface area contributed by atoms with E-state index in [2.05, 4.69) is 45.3 Å². The van der Waals surface area contributed by atoms with Crippen LogP contribution in [0, 0.1) is 19.8 Å². The molecule has 0 aliphatic rings. The molecule has 6 nitrogen and oxygen atoms in total. The molecule has 0 aliphatic heterocycles. The average molecular weight is 358 g/mol. The highest BCUT2D eigenvalue weighted by atomic mass is 16.5. The van der Waals surface area contributed by atoms with E-state index in [1.165, 1.54) is 5.69 Å². The summed E-state index contributed by atoms with van der Waals surface area (Å²) in [4.78, 5) is 4.28. The number of aliphatic imine (C=N–C) groups is 1. The maximum absolute atomic E-state index is 5.69. The average Bonchev–Trinajstić information content (AvgIpc) is 2.95.